The van der Waals surface area contributed by atoms with Crippen LogP contribution in [0.4, 0.5) is 11.5 Å². The zero-order valence-electron chi connectivity index (χ0n) is 20.2. The molecule has 1 aromatic carbocycles. The van der Waals surface area contributed by atoms with Gasteiger partial charge in [0.25, 0.3) is 5.91 Å². The van der Waals surface area contributed by atoms with Crippen molar-refractivity contribution in [3.05, 3.63) is 46.9 Å². The number of aromatic nitrogens is 2. The smallest absolute Gasteiger partial charge is 0.253 e. The second-order valence-electron chi connectivity index (χ2n) is 10.0. The van der Waals surface area contributed by atoms with E-state index in [-0.39, 0.29) is 11.8 Å². The quantitative estimate of drug-likeness (QED) is 0.774. The maximum atomic E-state index is 13.2. The molecule has 1 N–H and O–H groups in total. The first-order chi connectivity index (χ1) is 16.0. The summed E-state index contributed by atoms with van der Waals surface area (Å²) >= 11 is 0. The summed E-state index contributed by atoms with van der Waals surface area (Å²) in [6.45, 7) is 7.87. The Bertz CT molecular complexity index is 999. The lowest BCUT2D eigenvalue weighted by atomic mass is 9.98. The fourth-order valence-electron chi connectivity index (χ4n) is 5.39. The number of nitrogens with one attached hydrogen (secondary N) is 1. The molecule has 1 aromatic heterocycles. The molecule has 2 aromatic rings. The van der Waals surface area contributed by atoms with Crippen LogP contribution in [0, 0.1) is 5.92 Å². The van der Waals surface area contributed by atoms with Crippen molar-refractivity contribution in [2.45, 2.75) is 45.1 Å². The number of likely N-dealkylation sites (N-methyl/N-ethyl adjacent to an activating group) is 1. The summed E-state index contributed by atoms with van der Waals surface area (Å²) in [7, 11) is 4.07. The van der Waals surface area contributed by atoms with Crippen molar-refractivity contribution in [2.24, 2.45) is 5.92 Å². The van der Waals surface area contributed by atoms with E-state index in [2.05, 4.69) is 41.2 Å². The number of amides is 1. The molecule has 176 valence electrons. The van der Waals surface area contributed by atoms with E-state index >= 15 is 0 Å². The minimum absolute atomic E-state index is 0.114. The standard InChI is InChI=1S/C26H36N6O/c1-18-8-13-31(14-9-18)21-6-4-19(5-7-21)26(33)32-15-10-20(16-32)24-28-23-17-30(3)12-11-22(23)25(27-2)29-24/h4-7,18,20H,8-17H2,1-3H3,(H,27,28,29). The van der Waals surface area contributed by atoms with Crippen LogP contribution >= 0.6 is 0 Å². The summed E-state index contributed by atoms with van der Waals surface area (Å²) in [5, 5.41) is 3.27. The Morgan fingerprint density at radius 1 is 1.03 bits per heavy atom. The van der Waals surface area contributed by atoms with Gasteiger partial charge in [0.15, 0.2) is 0 Å². The minimum Gasteiger partial charge on any atom is -0.373 e. The average Bonchev–Trinajstić information content (AvgIpc) is 3.33. The first-order valence-corrected chi connectivity index (χ1v) is 12.4. The summed E-state index contributed by atoms with van der Waals surface area (Å²) in [5.74, 6) is 2.94. The predicted molar refractivity (Wildman–Crippen MR) is 132 cm³/mol. The average molecular weight is 449 g/mol. The van der Waals surface area contributed by atoms with Crippen molar-refractivity contribution in [1.29, 1.82) is 0 Å². The van der Waals surface area contributed by atoms with Crippen molar-refractivity contribution < 1.29 is 4.79 Å². The van der Waals surface area contributed by atoms with Gasteiger partial charge in [-0.05, 0) is 62.9 Å². The Labute approximate surface area is 197 Å². The largest absolute Gasteiger partial charge is 0.373 e. The number of nitrogens with zero attached hydrogens (tertiary/aromatic N) is 5. The predicted octanol–water partition coefficient (Wildman–Crippen LogP) is 3.37. The normalized spacial score (nSPS) is 21.8. The molecule has 3 aliphatic rings. The van der Waals surface area contributed by atoms with Crippen LogP contribution in [0.15, 0.2) is 24.3 Å². The van der Waals surface area contributed by atoms with Crippen LogP contribution in [0.1, 0.15) is 59.5 Å². The number of hydrogen-bond donors (Lipinski definition) is 1. The number of rotatable bonds is 4. The highest BCUT2D eigenvalue weighted by Gasteiger charge is 2.31. The van der Waals surface area contributed by atoms with E-state index in [1.54, 1.807) is 0 Å². The summed E-state index contributed by atoms with van der Waals surface area (Å²) in [4.78, 5) is 29.7. The molecule has 5 rings (SSSR count). The van der Waals surface area contributed by atoms with Crippen LogP contribution in [-0.4, -0.2) is 72.5 Å². The monoisotopic (exact) mass is 448 g/mol. The van der Waals surface area contributed by atoms with Crippen molar-refractivity contribution in [2.75, 3.05) is 57.0 Å². The number of carbonyl (C=O) groups is 1. The van der Waals surface area contributed by atoms with Gasteiger partial charge in [-0.1, -0.05) is 6.92 Å². The Balaban J connectivity index is 1.26. The Morgan fingerprint density at radius 2 is 1.79 bits per heavy atom. The number of anilines is 2. The van der Waals surface area contributed by atoms with Crippen molar-refractivity contribution in [3.63, 3.8) is 0 Å². The number of piperidine rings is 1. The van der Waals surface area contributed by atoms with Gasteiger partial charge in [0.05, 0.1) is 5.69 Å². The van der Waals surface area contributed by atoms with Gasteiger partial charge in [0.1, 0.15) is 11.6 Å². The zero-order chi connectivity index (χ0) is 22.9. The molecule has 7 heteroatoms. The van der Waals surface area contributed by atoms with Crippen LogP contribution in [0.25, 0.3) is 0 Å². The molecule has 2 saturated heterocycles. The second-order valence-corrected chi connectivity index (χ2v) is 10.0. The third kappa shape index (κ3) is 4.56. The molecule has 2 fully saturated rings. The molecule has 33 heavy (non-hydrogen) atoms. The van der Waals surface area contributed by atoms with Crippen LogP contribution in [-0.2, 0) is 13.0 Å². The van der Waals surface area contributed by atoms with Gasteiger partial charge in [-0.15, -0.1) is 0 Å². The van der Waals surface area contributed by atoms with Crippen molar-refractivity contribution in [3.8, 4) is 0 Å². The van der Waals surface area contributed by atoms with Gasteiger partial charge in [-0.2, -0.15) is 0 Å². The Morgan fingerprint density at radius 3 is 2.52 bits per heavy atom. The first kappa shape index (κ1) is 22.1. The molecular weight excluding hydrogens is 412 g/mol. The van der Waals surface area contributed by atoms with Crippen LogP contribution in [0.3, 0.4) is 0 Å². The Hall–Kier alpha value is -2.67. The summed E-state index contributed by atoms with van der Waals surface area (Å²) in [5.41, 5.74) is 4.37. The number of hydrogen-bond acceptors (Lipinski definition) is 6. The summed E-state index contributed by atoms with van der Waals surface area (Å²) < 4.78 is 0. The molecule has 0 saturated carbocycles. The van der Waals surface area contributed by atoms with E-state index in [1.807, 2.05) is 24.1 Å². The minimum atomic E-state index is 0.114. The van der Waals surface area contributed by atoms with Crippen LogP contribution in [0.2, 0.25) is 0 Å². The highest BCUT2D eigenvalue weighted by molar-refractivity contribution is 5.94. The fraction of sp³-hybridized carbons (Fsp3) is 0.577. The maximum Gasteiger partial charge on any atom is 0.253 e. The third-order valence-corrected chi connectivity index (χ3v) is 7.61. The van der Waals surface area contributed by atoms with Crippen molar-refractivity contribution in [1.82, 2.24) is 19.8 Å². The lowest BCUT2D eigenvalue weighted by molar-refractivity contribution is 0.0790. The van der Waals surface area contributed by atoms with Gasteiger partial charge in [-0.3, -0.25) is 4.79 Å². The molecule has 1 unspecified atom stereocenters. The molecular formula is C26H36N6O. The van der Waals surface area contributed by atoms with E-state index < -0.39 is 0 Å². The number of fused-ring (bicyclic) bond motifs is 1. The lowest BCUT2D eigenvalue weighted by Crippen LogP contribution is -2.33. The molecule has 0 aliphatic carbocycles. The summed E-state index contributed by atoms with van der Waals surface area (Å²) in [6, 6.07) is 8.21. The zero-order valence-corrected chi connectivity index (χ0v) is 20.2. The maximum absolute atomic E-state index is 13.2. The van der Waals surface area contributed by atoms with E-state index in [1.165, 1.54) is 24.1 Å². The third-order valence-electron chi connectivity index (χ3n) is 7.61. The van der Waals surface area contributed by atoms with Gasteiger partial charge in [0, 0.05) is 69.0 Å². The van der Waals surface area contributed by atoms with Gasteiger partial charge in [-0.25, -0.2) is 9.97 Å². The molecule has 0 radical (unpaired) electrons. The van der Waals surface area contributed by atoms with Crippen LogP contribution in [0.5, 0.6) is 0 Å². The van der Waals surface area contributed by atoms with Gasteiger partial charge >= 0.3 is 0 Å². The van der Waals surface area contributed by atoms with E-state index in [0.29, 0.717) is 6.54 Å². The first-order valence-electron chi connectivity index (χ1n) is 12.4. The van der Waals surface area contributed by atoms with Crippen LogP contribution < -0.4 is 10.2 Å². The van der Waals surface area contributed by atoms with E-state index in [4.69, 9.17) is 9.97 Å². The molecule has 7 nitrogen and oxygen atoms in total. The lowest BCUT2D eigenvalue weighted by Gasteiger charge is -2.32. The molecule has 1 atom stereocenters. The molecule has 4 heterocycles. The van der Waals surface area contributed by atoms with Crippen molar-refractivity contribution >= 4 is 17.4 Å². The number of likely N-dealkylation sites (tertiary alicyclic amines) is 1. The number of benzene rings is 1. The SMILES string of the molecule is CNc1nc(C2CCN(C(=O)c3ccc(N4CCC(C)CC4)cc3)C2)nc2c1CCN(C)C2. The Kier molecular flexibility index (Phi) is 6.23. The van der Waals surface area contributed by atoms with Gasteiger partial charge < -0.3 is 20.0 Å². The molecule has 1 amide bonds. The highest BCUT2D eigenvalue weighted by atomic mass is 16.2. The van der Waals surface area contributed by atoms with Gasteiger partial charge in [0.2, 0.25) is 0 Å². The van der Waals surface area contributed by atoms with E-state index in [0.717, 1.165) is 74.4 Å². The second kappa shape index (κ2) is 9.29. The highest BCUT2D eigenvalue weighted by Crippen LogP contribution is 2.31. The van der Waals surface area contributed by atoms with E-state index in [9.17, 15) is 4.79 Å². The topological polar surface area (TPSA) is 64.6 Å². The molecule has 0 bridgehead atoms. The fourth-order valence-corrected chi connectivity index (χ4v) is 5.39. The summed E-state index contributed by atoms with van der Waals surface area (Å²) in [6.07, 6.45) is 4.37. The molecule has 3 aliphatic heterocycles. The molecule has 0 spiro atoms. The number of carbonyl (C=O) groups excluding carboxylic acids is 1.